The van der Waals surface area contributed by atoms with Gasteiger partial charge in [-0.2, -0.15) is 0 Å². The number of likely N-dealkylation sites (tertiary alicyclic amines) is 2. The van der Waals surface area contributed by atoms with Gasteiger partial charge in [-0.05, 0) is 89.0 Å². The molecule has 0 bridgehead atoms. The molecular weight excluding hydrogens is 726 g/mol. The number of piperidine rings is 2. The molecule has 2 aromatic heterocycles. The molecule has 3 N–H and O–H groups in total. The van der Waals surface area contributed by atoms with Gasteiger partial charge in [0.15, 0.2) is 0 Å². The Bertz CT molecular complexity index is 2330. The molecule has 9 rings (SSSR count). The molecule has 5 aromatic rings. The van der Waals surface area contributed by atoms with Gasteiger partial charge in [0, 0.05) is 24.1 Å². The van der Waals surface area contributed by atoms with E-state index in [2.05, 4.69) is 94.7 Å². The number of amides is 3. The zero-order chi connectivity index (χ0) is 39.0. The van der Waals surface area contributed by atoms with Gasteiger partial charge in [-0.25, -0.2) is 14.8 Å². The number of rotatable bonds is 10. The molecule has 290 valence electrons. The number of halogens is 1. The number of H-pyrrole nitrogens is 2. The van der Waals surface area contributed by atoms with E-state index in [1.807, 2.05) is 24.9 Å². The van der Waals surface area contributed by atoms with Crippen molar-refractivity contribution in [2.45, 2.75) is 90.0 Å². The maximum atomic E-state index is 13.8. The van der Waals surface area contributed by atoms with Crippen LogP contribution in [0.15, 0.2) is 66.9 Å². The fraction of sp³-hybridized carbons (Fsp3) is 0.432. The van der Waals surface area contributed by atoms with E-state index in [9.17, 15) is 14.4 Å². The van der Waals surface area contributed by atoms with Crippen LogP contribution in [-0.4, -0.2) is 72.9 Å². The molecule has 4 heterocycles. The van der Waals surface area contributed by atoms with Gasteiger partial charge in [0.2, 0.25) is 11.8 Å². The van der Waals surface area contributed by atoms with Crippen molar-refractivity contribution in [1.82, 2.24) is 35.1 Å². The molecule has 4 aliphatic rings. The molecule has 0 unspecified atom stereocenters. The van der Waals surface area contributed by atoms with E-state index in [1.165, 1.54) is 7.11 Å². The van der Waals surface area contributed by atoms with E-state index in [0.29, 0.717) is 41.1 Å². The highest BCUT2D eigenvalue weighted by Crippen LogP contribution is 2.55. The molecule has 0 spiro atoms. The third kappa shape index (κ3) is 6.63. The topological polar surface area (TPSA) is 136 Å². The van der Waals surface area contributed by atoms with E-state index in [0.717, 1.165) is 76.1 Å². The molecule has 2 aliphatic carbocycles. The van der Waals surface area contributed by atoms with Crippen LogP contribution in [0, 0.1) is 23.7 Å². The van der Waals surface area contributed by atoms with E-state index in [4.69, 9.17) is 26.3 Å². The average Bonchev–Trinajstić information content (AvgIpc) is 3.82. The number of carbonyl (C=O) groups is 3. The number of hydrogen-bond acceptors (Lipinski definition) is 6. The minimum Gasteiger partial charge on any atom is -0.453 e. The predicted molar refractivity (Wildman–Crippen MR) is 215 cm³/mol. The van der Waals surface area contributed by atoms with Gasteiger partial charge in [0.25, 0.3) is 0 Å². The highest BCUT2D eigenvalue weighted by molar-refractivity contribution is 6.32. The summed E-state index contributed by atoms with van der Waals surface area (Å²) in [5.41, 5.74) is 5.73. The van der Waals surface area contributed by atoms with Gasteiger partial charge in [-0.15, -0.1) is 0 Å². The lowest BCUT2D eigenvalue weighted by atomic mass is 9.98. The van der Waals surface area contributed by atoms with Crippen LogP contribution in [-0.2, 0) is 14.3 Å². The van der Waals surface area contributed by atoms with Crippen LogP contribution in [0.1, 0.15) is 83.5 Å². The summed E-state index contributed by atoms with van der Waals surface area (Å²) < 4.78 is 4.80. The van der Waals surface area contributed by atoms with E-state index >= 15 is 0 Å². The van der Waals surface area contributed by atoms with Gasteiger partial charge in [0.05, 0.1) is 31.1 Å². The Morgan fingerprint density at radius 2 is 1.41 bits per heavy atom. The quantitative estimate of drug-likeness (QED) is 0.130. The number of methoxy groups -OCH3 is 1. The number of nitrogens with one attached hydrogen (secondary N) is 3. The summed E-state index contributed by atoms with van der Waals surface area (Å²) in [6.45, 7) is 8.03. The first-order valence-corrected chi connectivity index (χ1v) is 20.3. The maximum absolute atomic E-state index is 13.8. The standard InChI is InChI=1S/C44H48ClN7O4/c1-22(2)14-37(53)51-33-17-30(33)20-36(51)42-48-39(40(45)50-42)29-13-12-27-15-26(10-11-28(27)16-29)24-6-8-25(9-7-24)32-21-46-41(47-32)35-19-31-18-34(31)52(35)43(54)38(23(3)4)49-44(55)56-5/h6-13,15-16,21-23,30-31,33-36,38H,14,17-20H2,1-5H3,(H,46,47)(H,48,50)(H,49,55)/t30-,31-,33-,34-,35+,36+,38+/m1/s1. The first-order valence-electron chi connectivity index (χ1n) is 19.9. The van der Waals surface area contributed by atoms with Crippen LogP contribution in [0.2, 0.25) is 5.15 Å². The Morgan fingerprint density at radius 1 is 0.804 bits per heavy atom. The number of fused-ring (bicyclic) bond motifs is 3. The Hall–Kier alpha value is -5.16. The number of hydrogen-bond donors (Lipinski definition) is 3. The zero-order valence-electron chi connectivity index (χ0n) is 32.4. The number of imidazole rings is 2. The number of alkyl carbamates (subject to hydrolysis) is 1. The Balaban J connectivity index is 0.897. The largest absolute Gasteiger partial charge is 0.453 e. The van der Waals surface area contributed by atoms with Crippen molar-refractivity contribution in [3.63, 3.8) is 0 Å². The van der Waals surface area contributed by atoms with Crippen LogP contribution in [0.3, 0.4) is 0 Å². The van der Waals surface area contributed by atoms with Gasteiger partial charge in [-0.3, -0.25) is 9.59 Å². The molecule has 12 heteroatoms. The summed E-state index contributed by atoms with van der Waals surface area (Å²) in [5.74, 6) is 2.90. The van der Waals surface area contributed by atoms with Crippen LogP contribution < -0.4 is 5.32 Å². The van der Waals surface area contributed by atoms with Gasteiger partial charge < -0.3 is 29.8 Å². The number of nitrogens with zero attached hydrogens (tertiary/aromatic N) is 4. The van der Waals surface area contributed by atoms with Crippen LogP contribution in [0.5, 0.6) is 0 Å². The number of benzene rings is 3. The lowest BCUT2D eigenvalue weighted by Crippen LogP contribution is -2.52. The van der Waals surface area contributed by atoms with E-state index in [1.54, 1.807) is 0 Å². The minimum atomic E-state index is -0.668. The predicted octanol–water partition coefficient (Wildman–Crippen LogP) is 8.69. The summed E-state index contributed by atoms with van der Waals surface area (Å²) in [5, 5.41) is 5.43. The highest BCUT2D eigenvalue weighted by Gasteiger charge is 2.57. The first-order chi connectivity index (χ1) is 27.0. The van der Waals surface area contributed by atoms with Crippen LogP contribution in [0.4, 0.5) is 4.79 Å². The molecule has 3 amide bonds. The van der Waals surface area contributed by atoms with Gasteiger partial charge >= 0.3 is 6.09 Å². The lowest BCUT2D eigenvalue weighted by molar-refractivity contribution is -0.137. The Labute approximate surface area is 331 Å². The number of ether oxygens (including phenoxy) is 1. The van der Waals surface area contributed by atoms with E-state index in [-0.39, 0.29) is 35.9 Å². The fourth-order valence-corrected chi connectivity index (χ4v) is 9.43. The molecule has 0 radical (unpaired) electrons. The average molecular weight is 774 g/mol. The minimum absolute atomic E-state index is 0.0550. The summed E-state index contributed by atoms with van der Waals surface area (Å²) in [6, 6.07) is 20.8. The SMILES string of the molecule is COC(=O)N[C@H](C(=O)N1[C@@H]2C[C@@H]2C[C@H]1c1ncc(-c2ccc(-c3ccc4cc(-c5nc([C@@H]6C[C@H]7C[C@H]7N6C(=O)CC(C)C)[nH]c5Cl)ccc4c3)cc2)[nH]1)C(C)C. The molecule has 2 saturated carbocycles. The van der Waals surface area contributed by atoms with Crippen molar-refractivity contribution in [3.05, 3.63) is 83.7 Å². The number of aromatic nitrogens is 4. The second-order valence-electron chi connectivity index (χ2n) is 17.0. The van der Waals surface area contributed by atoms with Crippen molar-refractivity contribution in [3.8, 4) is 33.6 Å². The van der Waals surface area contributed by atoms with Gasteiger partial charge in [-0.1, -0.05) is 87.8 Å². The summed E-state index contributed by atoms with van der Waals surface area (Å²) in [7, 11) is 1.31. The van der Waals surface area contributed by atoms with E-state index < -0.39 is 12.1 Å². The normalized spacial score (nSPS) is 24.1. The summed E-state index contributed by atoms with van der Waals surface area (Å²) in [6.07, 6.45) is 5.64. The van der Waals surface area contributed by atoms with Crippen molar-refractivity contribution >= 4 is 40.3 Å². The molecular formula is C44H48ClN7O4. The zero-order valence-corrected chi connectivity index (χ0v) is 33.1. The van der Waals surface area contributed by atoms with Crippen LogP contribution >= 0.6 is 11.6 Å². The van der Waals surface area contributed by atoms with Gasteiger partial charge in [0.1, 0.15) is 28.5 Å². The highest BCUT2D eigenvalue weighted by atomic mass is 35.5. The number of carbonyl (C=O) groups excluding carboxylic acids is 3. The Morgan fingerprint density at radius 3 is 2.07 bits per heavy atom. The third-order valence-electron chi connectivity index (χ3n) is 12.3. The van der Waals surface area contributed by atoms with Crippen LogP contribution in [0.25, 0.3) is 44.4 Å². The first kappa shape index (κ1) is 36.5. The monoisotopic (exact) mass is 773 g/mol. The summed E-state index contributed by atoms with van der Waals surface area (Å²) >= 11 is 6.77. The Kier molecular flexibility index (Phi) is 9.18. The smallest absolute Gasteiger partial charge is 0.407 e. The van der Waals surface area contributed by atoms with Crippen molar-refractivity contribution in [1.29, 1.82) is 0 Å². The van der Waals surface area contributed by atoms with Crippen molar-refractivity contribution in [2.75, 3.05) is 7.11 Å². The number of aromatic amines is 2. The molecule has 2 saturated heterocycles. The van der Waals surface area contributed by atoms with Crippen molar-refractivity contribution < 1.29 is 19.1 Å². The molecule has 56 heavy (non-hydrogen) atoms. The summed E-state index contributed by atoms with van der Waals surface area (Å²) in [4.78, 5) is 59.6. The molecule has 11 nitrogen and oxygen atoms in total. The maximum Gasteiger partial charge on any atom is 0.407 e. The second-order valence-corrected chi connectivity index (χ2v) is 17.3. The second kappa shape index (κ2) is 14.1. The molecule has 3 aromatic carbocycles. The molecule has 7 atom stereocenters. The molecule has 2 aliphatic heterocycles. The molecule has 4 fully saturated rings. The van der Waals surface area contributed by atoms with Crippen molar-refractivity contribution in [2.24, 2.45) is 23.7 Å². The fourth-order valence-electron chi connectivity index (χ4n) is 9.18. The lowest BCUT2D eigenvalue weighted by Gasteiger charge is -2.31. The third-order valence-corrected chi connectivity index (χ3v) is 12.5.